The van der Waals surface area contributed by atoms with Crippen LogP contribution in [-0.2, 0) is 4.79 Å². The lowest BCUT2D eigenvalue weighted by Crippen LogP contribution is -2.34. The predicted molar refractivity (Wildman–Crippen MR) is 50.3 cm³/mol. The lowest BCUT2D eigenvalue weighted by atomic mass is 10.3. The van der Waals surface area contributed by atoms with E-state index in [0.29, 0.717) is 5.69 Å². The van der Waals surface area contributed by atoms with Gasteiger partial charge in [0.2, 0.25) is 0 Å². The zero-order valence-corrected chi connectivity index (χ0v) is 7.36. The van der Waals surface area contributed by atoms with Crippen molar-refractivity contribution < 1.29 is 14.6 Å². The van der Waals surface area contributed by atoms with Crippen molar-refractivity contribution in [2.45, 2.75) is 0 Å². The molecule has 1 aromatic carbocycles. The number of ether oxygens (including phenoxy) is 1. The van der Waals surface area contributed by atoms with Gasteiger partial charge in [-0.2, -0.15) is 0 Å². The van der Waals surface area contributed by atoms with Gasteiger partial charge in [0.15, 0.2) is 18.1 Å². The molecule has 0 heterocycles. The molecule has 0 atom stereocenters. The number of hydrazine groups is 1. The molecule has 1 amide bonds. The molecule has 0 aliphatic heterocycles. The SMILES string of the molecule is NNC(=O)COc1ccc(N)cc1O. The molecule has 0 aromatic heterocycles. The van der Waals surface area contributed by atoms with Gasteiger partial charge in [-0.25, -0.2) is 5.84 Å². The van der Waals surface area contributed by atoms with Gasteiger partial charge in [-0.1, -0.05) is 0 Å². The standard InChI is InChI=1S/C8H11N3O3/c9-5-1-2-7(6(12)3-5)14-4-8(13)11-10/h1-3,12H,4,9-10H2,(H,11,13). The lowest BCUT2D eigenvalue weighted by molar-refractivity contribution is -0.123. The lowest BCUT2D eigenvalue weighted by Gasteiger charge is -2.07. The Kier molecular flexibility index (Phi) is 3.14. The molecule has 0 aliphatic carbocycles. The molecule has 0 bridgehead atoms. The summed E-state index contributed by atoms with van der Waals surface area (Å²) in [6, 6.07) is 4.35. The summed E-state index contributed by atoms with van der Waals surface area (Å²) < 4.78 is 4.95. The molecule has 0 radical (unpaired) electrons. The van der Waals surface area contributed by atoms with Gasteiger partial charge >= 0.3 is 0 Å². The fourth-order valence-corrected chi connectivity index (χ4v) is 0.841. The third-order valence-electron chi connectivity index (χ3n) is 1.50. The molecule has 0 saturated heterocycles. The second kappa shape index (κ2) is 4.33. The van der Waals surface area contributed by atoms with Crippen molar-refractivity contribution >= 4 is 11.6 Å². The molecule has 76 valence electrons. The molecule has 0 unspecified atom stereocenters. The van der Waals surface area contributed by atoms with Crippen LogP contribution in [0.25, 0.3) is 0 Å². The predicted octanol–water partition coefficient (Wildman–Crippen LogP) is -0.657. The van der Waals surface area contributed by atoms with Crippen LogP contribution in [0.5, 0.6) is 11.5 Å². The van der Waals surface area contributed by atoms with Crippen molar-refractivity contribution in [1.82, 2.24) is 5.43 Å². The van der Waals surface area contributed by atoms with Crippen LogP contribution in [0.1, 0.15) is 0 Å². The van der Waals surface area contributed by atoms with E-state index < -0.39 is 5.91 Å². The number of nitrogens with one attached hydrogen (secondary N) is 1. The van der Waals surface area contributed by atoms with Gasteiger partial charge in [-0.15, -0.1) is 0 Å². The summed E-state index contributed by atoms with van der Waals surface area (Å²) in [6.45, 7) is -0.256. The van der Waals surface area contributed by atoms with Crippen molar-refractivity contribution in [3.05, 3.63) is 18.2 Å². The summed E-state index contributed by atoms with van der Waals surface area (Å²) in [4.78, 5) is 10.7. The Morgan fingerprint density at radius 3 is 2.86 bits per heavy atom. The van der Waals surface area contributed by atoms with E-state index in [1.807, 2.05) is 5.43 Å². The first kappa shape index (κ1) is 10.1. The molecule has 0 fully saturated rings. The average Bonchev–Trinajstić information content (AvgIpc) is 2.16. The number of anilines is 1. The Morgan fingerprint density at radius 1 is 1.57 bits per heavy atom. The summed E-state index contributed by atoms with van der Waals surface area (Å²) in [5.74, 6) is 4.42. The highest BCUT2D eigenvalue weighted by Crippen LogP contribution is 2.27. The quantitative estimate of drug-likeness (QED) is 0.222. The number of carbonyl (C=O) groups is 1. The Bertz CT molecular complexity index is 341. The number of hydrogen-bond acceptors (Lipinski definition) is 5. The van der Waals surface area contributed by atoms with E-state index in [4.69, 9.17) is 16.3 Å². The summed E-state index contributed by atoms with van der Waals surface area (Å²) in [5, 5.41) is 9.31. The summed E-state index contributed by atoms with van der Waals surface area (Å²) in [5.41, 5.74) is 7.71. The fourth-order valence-electron chi connectivity index (χ4n) is 0.841. The number of rotatable bonds is 3. The number of aromatic hydroxyl groups is 1. The highest BCUT2D eigenvalue weighted by molar-refractivity contribution is 5.76. The van der Waals surface area contributed by atoms with Gasteiger partial charge in [0, 0.05) is 11.8 Å². The van der Waals surface area contributed by atoms with Crippen LogP contribution in [0.2, 0.25) is 0 Å². The van der Waals surface area contributed by atoms with E-state index >= 15 is 0 Å². The largest absolute Gasteiger partial charge is 0.504 e. The molecule has 0 aliphatic rings. The first-order valence-electron chi connectivity index (χ1n) is 3.84. The molecule has 0 saturated carbocycles. The van der Waals surface area contributed by atoms with Gasteiger partial charge in [0.05, 0.1) is 0 Å². The molecular formula is C8H11N3O3. The number of nitrogen functional groups attached to an aromatic ring is 1. The van der Waals surface area contributed by atoms with Crippen LogP contribution in [0.4, 0.5) is 5.69 Å². The number of hydrogen-bond donors (Lipinski definition) is 4. The molecular weight excluding hydrogens is 186 g/mol. The average molecular weight is 197 g/mol. The molecule has 6 N–H and O–H groups in total. The first-order chi connectivity index (χ1) is 6.63. The maximum absolute atomic E-state index is 10.7. The van der Waals surface area contributed by atoms with Gasteiger partial charge in [-0.3, -0.25) is 10.2 Å². The van der Waals surface area contributed by atoms with E-state index in [2.05, 4.69) is 0 Å². The Labute approximate surface area is 80.4 Å². The number of phenols is 1. The van der Waals surface area contributed by atoms with Crippen LogP contribution in [0, 0.1) is 0 Å². The van der Waals surface area contributed by atoms with Crippen molar-refractivity contribution in [3.8, 4) is 11.5 Å². The zero-order chi connectivity index (χ0) is 10.6. The number of nitrogens with two attached hydrogens (primary N) is 2. The normalized spacial score (nSPS) is 9.50. The minimum atomic E-state index is -0.485. The minimum absolute atomic E-state index is 0.116. The smallest absolute Gasteiger partial charge is 0.271 e. The molecule has 0 spiro atoms. The van der Waals surface area contributed by atoms with Gasteiger partial charge in [0.1, 0.15) is 0 Å². The van der Waals surface area contributed by atoms with Crippen LogP contribution < -0.4 is 21.7 Å². The summed E-state index contributed by atoms with van der Waals surface area (Å²) in [6.07, 6.45) is 0. The first-order valence-corrected chi connectivity index (χ1v) is 3.84. The molecule has 6 nitrogen and oxygen atoms in total. The van der Waals surface area contributed by atoms with Crippen molar-refractivity contribution in [2.75, 3.05) is 12.3 Å². The second-order valence-corrected chi connectivity index (χ2v) is 2.58. The maximum atomic E-state index is 10.7. The van der Waals surface area contributed by atoms with Gasteiger partial charge in [0.25, 0.3) is 5.91 Å². The van der Waals surface area contributed by atoms with E-state index in [-0.39, 0.29) is 18.1 Å². The van der Waals surface area contributed by atoms with E-state index in [1.54, 1.807) is 6.07 Å². The van der Waals surface area contributed by atoms with Crippen LogP contribution >= 0.6 is 0 Å². The number of amides is 1. The Hall–Kier alpha value is -1.95. The zero-order valence-electron chi connectivity index (χ0n) is 7.36. The highest BCUT2D eigenvalue weighted by Gasteiger charge is 2.04. The maximum Gasteiger partial charge on any atom is 0.271 e. The number of benzene rings is 1. The molecule has 6 heteroatoms. The van der Waals surface area contributed by atoms with Crippen LogP contribution in [-0.4, -0.2) is 17.6 Å². The van der Waals surface area contributed by atoms with Crippen LogP contribution in [0.15, 0.2) is 18.2 Å². The van der Waals surface area contributed by atoms with E-state index in [0.717, 1.165) is 0 Å². The number of phenolic OH excluding ortho intramolecular Hbond substituents is 1. The molecule has 1 aromatic rings. The number of carbonyl (C=O) groups excluding carboxylic acids is 1. The molecule has 1 rings (SSSR count). The summed E-state index contributed by atoms with van der Waals surface area (Å²) >= 11 is 0. The molecule has 14 heavy (non-hydrogen) atoms. The summed E-state index contributed by atoms with van der Waals surface area (Å²) in [7, 11) is 0. The Morgan fingerprint density at radius 2 is 2.29 bits per heavy atom. The van der Waals surface area contributed by atoms with Gasteiger partial charge in [-0.05, 0) is 12.1 Å². The van der Waals surface area contributed by atoms with Gasteiger partial charge < -0.3 is 15.6 Å². The Balaban J connectivity index is 2.63. The van der Waals surface area contributed by atoms with Crippen molar-refractivity contribution in [2.24, 2.45) is 5.84 Å². The highest BCUT2D eigenvalue weighted by atomic mass is 16.5. The third-order valence-corrected chi connectivity index (χ3v) is 1.50. The van der Waals surface area contributed by atoms with E-state index in [1.165, 1.54) is 12.1 Å². The van der Waals surface area contributed by atoms with Crippen molar-refractivity contribution in [1.29, 1.82) is 0 Å². The van der Waals surface area contributed by atoms with Crippen molar-refractivity contribution in [3.63, 3.8) is 0 Å². The topological polar surface area (TPSA) is 111 Å². The van der Waals surface area contributed by atoms with Crippen LogP contribution in [0.3, 0.4) is 0 Å². The fraction of sp³-hybridized carbons (Fsp3) is 0.125. The third kappa shape index (κ3) is 2.53. The second-order valence-electron chi connectivity index (χ2n) is 2.58. The minimum Gasteiger partial charge on any atom is -0.504 e. The van der Waals surface area contributed by atoms with E-state index in [9.17, 15) is 9.90 Å². The monoisotopic (exact) mass is 197 g/mol.